The topological polar surface area (TPSA) is 23.5 Å². The maximum atomic E-state index is 13.6. The molecule has 2 nitrogen and oxygen atoms in total. The van der Waals surface area contributed by atoms with Crippen molar-refractivity contribution in [3.05, 3.63) is 65.0 Å². The van der Waals surface area contributed by atoms with Gasteiger partial charge in [-0.2, -0.15) is 0 Å². The Morgan fingerprint density at radius 3 is 2.86 bits per heavy atom. The number of aliphatic hydroxyl groups is 1. The van der Waals surface area contributed by atoms with E-state index in [0.717, 1.165) is 19.5 Å². The van der Waals surface area contributed by atoms with Gasteiger partial charge in [-0.15, -0.1) is 0 Å². The molecule has 110 valence electrons. The van der Waals surface area contributed by atoms with E-state index in [4.69, 9.17) is 0 Å². The highest BCUT2D eigenvalue weighted by molar-refractivity contribution is 5.57. The molecular formula is C18H20FNO. The summed E-state index contributed by atoms with van der Waals surface area (Å²) in [6.45, 7) is 3.51. The molecule has 0 fully saturated rings. The largest absolute Gasteiger partial charge is 0.388 e. The van der Waals surface area contributed by atoms with E-state index < -0.39 is 6.10 Å². The highest BCUT2D eigenvalue weighted by Crippen LogP contribution is 2.28. The molecule has 1 heterocycles. The quantitative estimate of drug-likeness (QED) is 0.927. The van der Waals surface area contributed by atoms with Crippen LogP contribution in [-0.4, -0.2) is 18.2 Å². The second kappa shape index (κ2) is 5.86. The Morgan fingerprint density at radius 1 is 1.24 bits per heavy atom. The fourth-order valence-electron chi connectivity index (χ4n) is 2.90. The van der Waals surface area contributed by atoms with E-state index in [0.29, 0.717) is 17.5 Å². The van der Waals surface area contributed by atoms with E-state index in [1.807, 2.05) is 6.07 Å². The van der Waals surface area contributed by atoms with E-state index in [9.17, 15) is 9.50 Å². The van der Waals surface area contributed by atoms with Gasteiger partial charge in [0.15, 0.2) is 0 Å². The maximum Gasteiger partial charge on any atom is 0.126 e. The Balaban J connectivity index is 1.64. The minimum Gasteiger partial charge on any atom is -0.388 e. The van der Waals surface area contributed by atoms with Gasteiger partial charge in [-0.25, -0.2) is 4.39 Å². The Hall–Kier alpha value is -1.87. The van der Waals surface area contributed by atoms with Gasteiger partial charge in [-0.1, -0.05) is 30.3 Å². The van der Waals surface area contributed by atoms with Gasteiger partial charge in [-0.05, 0) is 48.6 Å². The molecule has 21 heavy (non-hydrogen) atoms. The lowest BCUT2D eigenvalue weighted by Crippen LogP contribution is -2.23. The molecule has 0 saturated heterocycles. The molecule has 0 aliphatic carbocycles. The molecule has 3 heteroatoms. The number of para-hydroxylation sites is 1. The molecule has 0 radical (unpaired) electrons. The molecule has 0 spiro atoms. The number of hydrogen-bond acceptors (Lipinski definition) is 2. The SMILES string of the molecule is Cc1ccc(C(O)CCN2CCc3ccccc32)cc1F. The van der Waals surface area contributed by atoms with Crippen molar-refractivity contribution in [2.24, 2.45) is 0 Å². The molecule has 0 saturated carbocycles. The summed E-state index contributed by atoms with van der Waals surface area (Å²) in [6, 6.07) is 13.4. The van der Waals surface area contributed by atoms with E-state index in [1.54, 1.807) is 19.1 Å². The fourth-order valence-corrected chi connectivity index (χ4v) is 2.90. The first-order valence-corrected chi connectivity index (χ1v) is 7.42. The van der Waals surface area contributed by atoms with Gasteiger partial charge < -0.3 is 10.0 Å². The number of hydrogen-bond donors (Lipinski definition) is 1. The van der Waals surface area contributed by atoms with E-state index >= 15 is 0 Å². The lowest BCUT2D eigenvalue weighted by Gasteiger charge is -2.21. The third-order valence-corrected chi connectivity index (χ3v) is 4.24. The molecular weight excluding hydrogens is 265 g/mol. The van der Waals surface area contributed by atoms with Crippen molar-refractivity contribution in [1.82, 2.24) is 0 Å². The average molecular weight is 285 g/mol. The van der Waals surface area contributed by atoms with Gasteiger partial charge in [0, 0.05) is 18.8 Å². The van der Waals surface area contributed by atoms with Crippen LogP contribution < -0.4 is 4.90 Å². The summed E-state index contributed by atoms with van der Waals surface area (Å²) >= 11 is 0. The van der Waals surface area contributed by atoms with Gasteiger partial charge in [0.25, 0.3) is 0 Å². The molecule has 0 aromatic heterocycles. The van der Waals surface area contributed by atoms with Crippen molar-refractivity contribution < 1.29 is 9.50 Å². The first kappa shape index (κ1) is 14.1. The molecule has 1 N–H and O–H groups in total. The molecule has 2 aromatic carbocycles. The van der Waals surface area contributed by atoms with Crippen molar-refractivity contribution in [3.63, 3.8) is 0 Å². The standard InChI is InChI=1S/C18H20FNO/c1-13-6-7-15(12-16(13)19)18(21)9-11-20-10-8-14-4-2-3-5-17(14)20/h2-7,12,18,21H,8-11H2,1H3. The van der Waals surface area contributed by atoms with E-state index in [-0.39, 0.29) is 5.82 Å². The van der Waals surface area contributed by atoms with Crippen molar-refractivity contribution >= 4 is 5.69 Å². The normalized spacial score (nSPS) is 15.1. The van der Waals surface area contributed by atoms with Crippen molar-refractivity contribution in [3.8, 4) is 0 Å². The monoisotopic (exact) mass is 285 g/mol. The van der Waals surface area contributed by atoms with Gasteiger partial charge in [0.2, 0.25) is 0 Å². The van der Waals surface area contributed by atoms with E-state index in [2.05, 4.69) is 23.1 Å². The Morgan fingerprint density at radius 2 is 2.05 bits per heavy atom. The fraction of sp³-hybridized carbons (Fsp3) is 0.333. The number of aliphatic hydroxyl groups excluding tert-OH is 1. The zero-order chi connectivity index (χ0) is 14.8. The second-order valence-corrected chi connectivity index (χ2v) is 5.68. The van der Waals surface area contributed by atoms with Crippen LogP contribution in [0.15, 0.2) is 42.5 Å². The van der Waals surface area contributed by atoms with Crippen LogP contribution in [0.2, 0.25) is 0 Å². The average Bonchev–Trinajstić information content (AvgIpc) is 2.91. The molecule has 1 aliphatic heterocycles. The third-order valence-electron chi connectivity index (χ3n) is 4.24. The van der Waals surface area contributed by atoms with Gasteiger partial charge in [0.05, 0.1) is 6.10 Å². The molecule has 3 rings (SSSR count). The van der Waals surface area contributed by atoms with E-state index in [1.165, 1.54) is 17.3 Å². The molecule has 1 atom stereocenters. The van der Waals surface area contributed by atoms with Crippen LogP contribution >= 0.6 is 0 Å². The summed E-state index contributed by atoms with van der Waals surface area (Å²) in [4.78, 5) is 2.29. The highest BCUT2D eigenvalue weighted by Gasteiger charge is 2.19. The number of rotatable bonds is 4. The number of fused-ring (bicyclic) bond motifs is 1. The number of benzene rings is 2. The first-order valence-electron chi connectivity index (χ1n) is 7.42. The maximum absolute atomic E-state index is 13.6. The number of anilines is 1. The molecule has 2 aromatic rings. The Kier molecular flexibility index (Phi) is 3.93. The van der Waals surface area contributed by atoms with Gasteiger partial charge in [-0.3, -0.25) is 0 Å². The van der Waals surface area contributed by atoms with Crippen molar-refractivity contribution in [2.75, 3.05) is 18.0 Å². The van der Waals surface area contributed by atoms with Crippen LogP contribution in [0.4, 0.5) is 10.1 Å². The third kappa shape index (κ3) is 2.93. The lowest BCUT2D eigenvalue weighted by atomic mass is 10.0. The highest BCUT2D eigenvalue weighted by atomic mass is 19.1. The minimum absolute atomic E-state index is 0.252. The van der Waals surface area contributed by atoms with Crippen LogP contribution in [0.25, 0.3) is 0 Å². The zero-order valence-corrected chi connectivity index (χ0v) is 12.2. The summed E-state index contributed by atoms with van der Waals surface area (Å²) in [7, 11) is 0. The molecule has 0 amide bonds. The summed E-state index contributed by atoms with van der Waals surface area (Å²) < 4.78 is 13.6. The predicted octanol–water partition coefficient (Wildman–Crippen LogP) is 3.62. The summed E-state index contributed by atoms with van der Waals surface area (Å²) in [5.41, 5.74) is 3.90. The zero-order valence-electron chi connectivity index (χ0n) is 12.2. The second-order valence-electron chi connectivity index (χ2n) is 5.68. The van der Waals surface area contributed by atoms with Gasteiger partial charge >= 0.3 is 0 Å². The summed E-state index contributed by atoms with van der Waals surface area (Å²) in [5.74, 6) is -0.252. The van der Waals surface area contributed by atoms with Crippen LogP contribution in [0.1, 0.15) is 29.2 Å². The van der Waals surface area contributed by atoms with Gasteiger partial charge in [0.1, 0.15) is 5.82 Å². The lowest BCUT2D eigenvalue weighted by molar-refractivity contribution is 0.169. The molecule has 0 bridgehead atoms. The Bertz CT molecular complexity index is 641. The number of aryl methyl sites for hydroxylation is 1. The summed E-state index contributed by atoms with van der Waals surface area (Å²) in [5, 5.41) is 10.3. The first-order chi connectivity index (χ1) is 10.1. The van der Waals surface area contributed by atoms with Crippen LogP contribution in [0.3, 0.4) is 0 Å². The number of nitrogens with zero attached hydrogens (tertiary/aromatic N) is 1. The smallest absolute Gasteiger partial charge is 0.126 e. The Labute approximate surface area is 124 Å². The predicted molar refractivity (Wildman–Crippen MR) is 83.1 cm³/mol. The van der Waals surface area contributed by atoms with Crippen molar-refractivity contribution in [2.45, 2.75) is 25.9 Å². The van der Waals surface area contributed by atoms with Crippen LogP contribution in [0, 0.1) is 12.7 Å². The minimum atomic E-state index is -0.618. The van der Waals surface area contributed by atoms with Crippen LogP contribution in [-0.2, 0) is 6.42 Å². The number of halogens is 1. The summed E-state index contributed by atoms with van der Waals surface area (Å²) in [6.07, 6.45) is 1.05. The van der Waals surface area contributed by atoms with Crippen molar-refractivity contribution in [1.29, 1.82) is 0 Å². The molecule has 1 aliphatic rings. The van der Waals surface area contributed by atoms with Crippen LogP contribution in [0.5, 0.6) is 0 Å². The molecule has 1 unspecified atom stereocenters.